The molecule has 0 saturated carbocycles. The van der Waals surface area contributed by atoms with Crippen molar-refractivity contribution in [1.29, 1.82) is 0 Å². The molecule has 1 unspecified atom stereocenters. The van der Waals surface area contributed by atoms with Gasteiger partial charge in [-0.15, -0.1) is 4.58 Å². The maximum absolute atomic E-state index is 12.8. The van der Waals surface area contributed by atoms with Crippen molar-refractivity contribution >= 4 is 30.3 Å². The Morgan fingerprint density at radius 3 is 2.65 bits per heavy atom. The molecule has 2 rings (SSSR count). The number of carbonyl (C=O) groups excluding carboxylic acids is 3. The summed E-state index contributed by atoms with van der Waals surface area (Å²) in [6.07, 6.45) is -0.734. The highest BCUT2D eigenvalue weighted by molar-refractivity contribution is 6.01. The Morgan fingerprint density at radius 2 is 2.08 bits per heavy atom. The van der Waals surface area contributed by atoms with Crippen molar-refractivity contribution < 1.29 is 28.4 Å². The minimum absolute atomic E-state index is 0.0959. The summed E-state index contributed by atoms with van der Waals surface area (Å²) < 4.78 is 11.9. The summed E-state index contributed by atoms with van der Waals surface area (Å²) in [5, 5.41) is 0. The number of rotatable bonds is 2. The third-order valence-electron chi connectivity index (χ3n) is 3.73. The van der Waals surface area contributed by atoms with E-state index in [2.05, 4.69) is 6.72 Å². The van der Waals surface area contributed by atoms with Gasteiger partial charge in [-0.2, -0.15) is 4.79 Å². The first-order valence-corrected chi connectivity index (χ1v) is 7.93. The average Bonchev–Trinajstić information content (AvgIpc) is 2.69. The fourth-order valence-electron chi connectivity index (χ4n) is 2.38. The average molecular weight is 363 g/mol. The number of hydrazine groups is 1. The van der Waals surface area contributed by atoms with Gasteiger partial charge in [0.1, 0.15) is 18.1 Å². The molecule has 3 N–H and O–H groups in total. The lowest BCUT2D eigenvalue weighted by atomic mass is 10.1. The van der Waals surface area contributed by atoms with Gasteiger partial charge in [-0.1, -0.05) is 0 Å². The van der Waals surface area contributed by atoms with Crippen LogP contribution in [-0.2, 0) is 9.53 Å². The molecule has 1 aromatic carbocycles. The van der Waals surface area contributed by atoms with Gasteiger partial charge in [0.05, 0.1) is 5.69 Å². The smallest absolute Gasteiger partial charge is 0.484 e. The van der Waals surface area contributed by atoms with Gasteiger partial charge in [0.25, 0.3) is 17.9 Å². The van der Waals surface area contributed by atoms with Crippen molar-refractivity contribution in [3.8, 4) is 5.75 Å². The van der Waals surface area contributed by atoms with Crippen molar-refractivity contribution in [3.63, 3.8) is 0 Å². The summed E-state index contributed by atoms with van der Waals surface area (Å²) in [5.41, 5.74) is 1.96. The van der Waals surface area contributed by atoms with Crippen molar-refractivity contribution in [2.45, 2.75) is 32.4 Å². The molecule has 0 saturated heterocycles. The molecule has 1 atom stereocenters. The van der Waals surface area contributed by atoms with Crippen LogP contribution in [0.4, 0.5) is 10.5 Å². The number of anilines is 1. The van der Waals surface area contributed by atoms with E-state index >= 15 is 0 Å². The molecule has 1 aromatic rings. The lowest BCUT2D eigenvalue weighted by Gasteiger charge is -2.20. The maximum Gasteiger partial charge on any atom is 0.597 e. The molecule has 0 aliphatic carbocycles. The zero-order valence-electron chi connectivity index (χ0n) is 15.2. The van der Waals surface area contributed by atoms with E-state index in [0.29, 0.717) is 11.4 Å². The number of hydrogen-bond acceptors (Lipinski definition) is 6. The summed E-state index contributed by atoms with van der Waals surface area (Å²) in [4.78, 5) is 38.0. The first-order chi connectivity index (χ1) is 12.0. The van der Waals surface area contributed by atoms with Crippen LogP contribution in [0.25, 0.3) is 0 Å². The normalized spacial score (nSPS) is 16.9. The van der Waals surface area contributed by atoms with Crippen LogP contribution in [0, 0.1) is 0 Å². The van der Waals surface area contributed by atoms with Crippen molar-refractivity contribution in [2.24, 2.45) is 5.84 Å². The fraction of sp³-hybridized carbons (Fsp3) is 0.412. The summed E-state index contributed by atoms with van der Waals surface area (Å²) in [6.45, 7) is 8.70. The fourth-order valence-corrected chi connectivity index (χ4v) is 2.38. The number of carbonyl (C=O) groups is 3. The number of benzene rings is 1. The van der Waals surface area contributed by atoms with E-state index in [1.54, 1.807) is 26.8 Å². The molecule has 0 aromatic heterocycles. The number of fused-ring (bicyclic) bond motifs is 1. The third-order valence-corrected chi connectivity index (χ3v) is 3.73. The Hall–Kier alpha value is -2.94. The molecule has 0 radical (unpaired) electrons. The lowest BCUT2D eigenvalue weighted by molar-refractivity contribution is -0.471. The van der Waals surface area contributed by atoms with Gasteiger partial charge in [-0.25, -0.2) is 5.84 Å². The number of ether oxygens (including phenoxy) is 2. The number of nitrogen functional groups attached to an aromatic ring is 1. The quantitative estimate of drug-likeness (QED) is 0.262. The number of nitrogens with one attached hydrogen (secondary N) is 1. The second-order valence-corrected chi connectivity index (χ2v) is 6.83. The Balaban J connectivity index is 2.29. The Morgan fingerprint density at radius 1 is 1.42 bits per heavy atom. The van der Waals surface area contributed by atoms with Crippen LogP contribution in [0.5, 0.6) is 5.75 Å². The van der Waals surface area contributed by atoms with Gasteiger partial charge in [-0.3, -0.25) is 15.0 Å². The van der Waals surface area contributed by atoms with E-state index < -0.39 is 29.6 Å². The number of amides is 3. The number of hydrogen-bond donors (Lipinski definition) is 2. The molecule has 0 spiro atoms. The monoisotopic (exact) mass is 363 g/mol. The standard InChI is InChI=1S/C17H22N4O5/c1-17(2,3)26-16(24)21(5)12-9-25-13-7-6-10(14(22)19-18)8-11(13)20(4)15(12)23/h6-8,12H,5,9,18H2,1-4H3/p+1. The van der Waals surface area contributed by atoms with Crippen LogP contribution < -0.4 is 20.9 Å². The topological polar surface area (TPSA) is 114 Å². The van der Waals surface area contributed by atoms with Gasteiger partial charge in [0.2, 0.25) is 0 Å². The molecule has 1 aliphatic heterocycles. The zero-order chi connectivity index (χ0) is 19.6. The van der Waals surface area contributed by atoms with Crippen molar-refractivity contribution in [3.05, 3.63) is 23.8 Å². The van der Waals surface area contributed by atoms with E-state index in [0.717, 1.165) is 4.58 Å². The minimum Gasteiger partial charge on any atom is -0.484 e. The second kappa shape index (κ2) is 7.12. The molecule has 0 bridgehead atoms. The Bertz CT molecular complexity index is 769. The number of likely N-dealkylation sites (N-methyl/N-ethyl adjacent to an activating group) is 1. The van der Waals surface area contributed by atoms with Crippen LogP contribution in [0.2, 0.25) is 0 Å². The number of nitrogens with two attached hydrogens (primary N) is 1. The van der Waals surface area contributed by atoms with E-state index in [1.807, 2.05) is 5.43 Å². The lowest BCUT2D eigenvalue weighted by Crippen LogP contribution is -2.48. The SMILES string of the molecule is C=[N+](C(=O)OC(C)(C)C)C1COc2ccc(C(=O)NN)cc2N(C)C1=O. The van der Waals surface area contributed by atoms with Crippen LogP contribution in [0.1, 0.15) is 31.1 Å². The summed E-state index contributed by atoms with van der Waals surface area (Å²) >= 11 is 0. The Labute approximate surface area is 151 Å². The molecule has 1 heterocycles. The van der Waals surface area contributed by atoms with E-state index in [-0.39, 0.29) is 12.2 Å². The highest BCUT2D eigenvalue weighted by Crippen LogP contribution is 2.32. The maximum atomic E-state index is 12.8. The molecule has 26 heavy (non-hydrogen) atoms. The molecule has 3 amide bonds. The summed E-state index contributed by atoms with van der Waals surface area (Å²) in [7, 11) is 1.52. The molecule has 1 aliphatic rings. The van der Waals surface area contributed by atoms with Crippen LogP contribution in [0.3, 0.4) is 0 Å². The van der Waals surface area contributed by atoms with Gasteiger partial charge in [-0.05, 0) is 39.0 Å². The van der Waals surface area contributed by atoms with E-state index in [1.165, 1.54) is 24.1 Å². The van der Waals surface area contributed by atoms with Gasteiger partial charge < -0.3 is 14.4 Å². The molecule has 0 fully saturated rings. The van der Waals surface area contributed by atoms with E-state index in [4.69, 9.17) is 15.3 Å². The van der Waals surface area contributed by atoms with Gasteiger partial charge in [0.15, 0.2) is 6.61 Å². The summed E-state index contributed by atoms with van der Waals surface area (Å²) in [5.74, 6) is 4.62. The van der Waals surface area contributed by atoms with Crippen LogP contribution in [-0.4, -0.2) is 54.5 Å². The van der Waals surface area contributed by atoms with Crippen LogP contribution >= 0.6 is 0 Å². The Kier molecular flexibility index (Phi) is 5.31. The van der Waals surface area contributed by atoms with Gasteiger partial charge >= 0.3 is 6.09 Å². The highest BCUT2D eigenvalue weighted by Gasteiger charge is 2.41. The molecule has 9 heteroatoms. The second-order valence-electron chi connectivity index (χ2n) is 6.83. The largest absolute Gasteiger partial charge is 0.597 e. The van der Waals surface area contributed by atoms with E-state index in [9.17, 15) is 14.4 Å². The zero-order valence-corrected chi connectivity index (χ0v) is 15.2. The first-order valence-electron chi connectivity index (χ1n) is 7.93. The molecule has 140 valence electrons. The number of nitrogens with zero attached hydrogens (tertiary/aromatic N) is 2. The first kappa shape index (κ1) is 19.4. The molecule has 9 nitrogen and oxygen atoms in total. The van der Waals surface area contributed by atoms with Gasteiger partial charge in [0, 0.05) is 12.6 Å². The van der Waals surface area contributed by atoms with Crippen molar-refractivity contribution in [1.82, 2.24) is 5.43 Å². The molecular weight excluding hydrogens is 340 g/mol. The van der Waals surface area contributed by atoms with Crippen LogP contribution in [0.15, 0.2) is 18.2 Å². The summed E-state index contributed by atoms with van der Waals surface area (Å²) in [6, 6.07) is 3.59. The minimum atomic E-state index is -0.978. The third kappa shape index (κ3) is 3.99. The van der Waals surface area contributed by atoms with Crippen molar-refractivity contribution in [2.75, 3.05) is 18.6 Å². The molecular formula is C17H23N4O5+. The highest BCUT2D eigenvalue weighted by atomic mass is 16.6. The predicted molar refractivity (Wildman–Crippen MR) is 94.4 cm³/mol. The predicted octanol–water partition coefficient (Wildman–Crippen LogP) is 0.662.